The maximum Gasteiger partial charge on any atom is 0.236 e. The van der Waals surface area contributed by atoms with Gasteiger partial charge in [0.25, 0.3) is 0 Å². The molecule has 0 radical (unpaired) electrons. The van der Waals surface area contributed by atoms with Gasteiger partial charge in [-0.1, -0.05) is 30.8 Å². The van der Waals surface area contributed by atoms with E-state index in [9.17, 15) is 9.90 Å². The average molecular weight is 297 g/mol. The van der Waals surface area contributed by atoms with Crippen molar-refractivity contribution in [2.45, 2.75) is 63.8 Å². The zero-order valence-corrected chi connectivity index (χ0v) is 12.6. The topological polar surface area (TPSA) is 99.2 Å². The molecule has 0 spiro atoms. The summed E-state index contributed by atoms with van der Waals surface area (Å²) in [7, 11) is 0. The molecule has 2 rings (SSSR count). The summed E-state index contributed by atoms with van der Waals surface area (Å²) in [5, 5.41) is 21.9. The van der Waals surface area contributed by atoms with Gasteiger partial charge in [0.2, 0.25) is 5.91 Å². The summed E-state index contributed by atoms with van der Waals surface area (Å²) in [6.45, 7) is 0.641. The lowest BCUT2D eigenvalue weighted by atomic mass is 9.77. The third-order valence-electron chi connectivity index (χ3n) is 5.06. The molecule has 1 aliphatic carbocycles. The van der Waals surface area contributed by atoms with E-state index in [1.165, 1.54) is 0 Å². The number of oxime groups is 1. The fourth-order valence-electron chi connectivity index (χ4n) is 3.74. The molecule has 2 aliphatic rings. The molecule has 1 aliphatic heterocycles. The van der Waals surface area contributed by atoms with E-state index >= 15 is 0 Å². The highest BCUT2D eigenvalue weighted by Crippen LogP contribution is 2.38. The predicted molar refractivity (Wildman–Crippen MR) is 80.0 cm³/mol. The van der Waals surface area contributed by atoms with Crippen LogP contribution in [0.1, 0.15) is 57.8 Å². The minimum Gasteiger partial charge on any atom is -0.409 e. The van der Waals surface area contributed by atoms with Gasteiger partial charge in [-0.05, 0) is 32.1 Å². The monoisotopic (exact) mass is 297 g/mol. The molecule has 4 N–H and O–H groups in total. The van der Waals surface area contributed by atoms with E-state index < -0.39 is 5.41 Å². The van der Waals surface area contributed by atoms with Crippen molar-refractivity contribution in [3.05, 3.63) is 0 Å². The van der Waals surface area contributed by atoms with Crippen molar-refractivity contribution in [3.63, 3.8) is 0 Å². The number of aliphatic hydroxyl groups is 1. The van der Waals surface area contributed by atoms with Crippen LogP contribution < -0.4 is 5.73 Å². The normalized spacial score (nSPS) is 27.2. The van der Waals surface area contributed by atoms with Gasteiger partial charge in [-0.3, -0.25) is 4.79 Å². The van der Waals surface area contributed by atoms with E-state index in [4.69, 9.17) is 10.9 Å². The number of likely N-dealkylation sites (tertiary alicyclic amines) is 1. The van der Waals surface area contributed by atoms with Crippen LogP contribution in [0.5, 0.6) is 0 Å². The molecule has 1 atom stereocenters. The molecule has 1 saturated heterocycles. The van der Waals surface area contributed by atoms with Gasteiger partial charge in [0.05, 0.1) is 12.6 Å². The second kappa shape index (κ2) is 7.11. The van der Waals surface area contributed by atoms with E-state index in [-0.39, 0.29) is 24.4 Å². The Morgan fingerprint density at radius 3 is 2.43 bits per heavy atom. The Labute approximate surface area is 126 Å². The number of nitrogens with zero attached hydrogens (tertiary/aromatic N) is 2. The van der Waals surface area contributed by atoms with E-state index in [0.29, 0.717) is 19.4 Å². The second-order valence-electron chi connectivity index (χ2n) is 6.31. The molecule has 1 heterocycles. The van der Waals surface area contributed by atoms with Crippen LogP contribution in [0.4, 0.5) is 0 Å². The van der Waals surface area contributed by atoms with Gasteiger partial charge < -0.3 is 20.9 Å². The summed E-state index contributed by atoms with van der Waals surface area (Å²) in [4.78, 5) is 14.9. The highest BCUT2D eigenvalue weighted by molar-refractivity contribution is 6.06. The second-order valence-corrected chi connectivity index (χ2v) is 6.31. The number of carbonyl (C=O) groups is 1. The van der Waals surface area contributed by atoms with Crippen LogP contribution in [0, 0.1) is 5.41 Å². The van der Waals surface area contributed by atoms with Crippen LogP contribution in [0.15, 0.2) is 5.16 Å². The minimum absolute atomic E-state index is 0.0159. The Bertz CT molecular complexity index is 390. The van der Waals surface area contributed by atoms with Crippen LogP contribution in [0.2, 0.25) is 0 Å². The Morgan fingerprint density at radius 2 is 1.86 bits per heavy atom. The molecule has 0 aromatic carbocycles. The number of amides is 1. The Hall–Kier alpha value is -1.30. The summed E-state index contributed by atoms with van der Waals surface area (Å²) in [6.07, 6.45) is 8.08. The smallest absolute Gasteiger partial charge is 0.236 e. The Kier molecular flexibility index (Phi) is 5.45. The maximum absolute atomic E-state index is 13.1. The summed E-state index contributed by atoms with van der Waals surface area (Å²) in [5.74, 6) is -0.0184. The van der Waals surface area contributed by atoms with Crippen molar-refractivity contribution in [2.75, 3.05) is 13.2 Å². The van der Waals surface area contributed by atoms with Crippen LogP contribution in [0.25, 0.3) is 0 Å². The zero-order valence-electron chi connectivity index (χ0n) is 12.6. The number of hydrogen-bond acceptors (Lipinski definition) is 4. The third kappa shape index (κ3) is 3.15. The molecule has 0 aromatic heterocycles. The summed E-state index contributed by atoms with van der Waals surface area (Å²) < 4.78 is 0. The number of nitrogens with two attached hydrogens (primary N) is 1. The molecular formula is C15H27N3O3. The van der Waals surface area contributed by atoms with Gasteiger partial charge in [-0.2, -0.15) is 0 Å². The van der Waals surface area contributed by atoms with Gasteiger partial charge >= 0.3 is 0 Å². The maximum atomic E-state index is 13.1. The van der Waals surface area contributed by atoms with Gasteiger partial charge in [-0.15, -0.1) is 0 Å². The van der Waals surface area contributed by atoms with Gasteiger partial charge in [0.15, 0.2) is 5.84 Å². The van der Waals surface area contributed by atoms with Crippen LogP contribution in [-0.2, 0) is 4.79 Å². The van der Waals surface area contributed by atoms with Crippen molar-refractivity contribution in [1.82, 2.24) is 4.90 Å². The fraction of sp³-hybridized carbons (Fsp3) is 0.867. The molecule has 1 amide bonds. The molecule has 0 bridgehead atoms. The molecule has 21 heavy (non-hydrogen) atoms. The highest BCUT2D eigenvalue weighted by atomic mass is 16.4. The predicted octanol–water partition coefficient (Wildman–Crippen LogP) is 1.45. The van der Waals surface area contributed by atoms with Gasteiger partial charge in [-0.25, -0.2) is 0 Å². The molecule has 6 heteroatoms. The van der Waals surface area contributed by atoms with Gasteiger partial charge in [0, 0.05) is 6.54 Å². The number of rotatable bonds is 3. The van der Waals surface area contributed by atoms with E-state index in [1.54, 1.807) is 4.90 Å². The number of piperidine rings is 1. The number of amidine groups is 1. The quantitative estimate of drug-likeness (QED) is 0.241. The van der Waals surface area contributed by atoms with E-state index in [0.717, 1.165) is 44.9 Å². The first-order valence-corrected chi connectivity index (χ1v) is 8.05. The molecule has 6 nitrogen and oxygen atoms in total. The van der Waals surface area contributed by atoms with E-state index in [1.807, 2.05) is 0 Å². The lowest BCUT2D eigenvalue weighted by molar-refractivity contribution is -0.144. The van der Waals surface area contributed by atoms with Crippen molar-refractivity contribution < 1.29 is 15.1 Å². The average Bonchev–Trinajstić information content (AvgIpc) is 2.80. The molecule has 1 unspecified atom stereocenters. The van der Waals surface area contributed by atoms with E-state index in [2.05, 4.69) is 5.16 Å². The summed E-state index contributed by atoms with van der Waals surface area (Å²) in [5.41, 5.74) is 5.06. The van der Waals surface area contributed by atoms with Crippen molar-refractivity contribution in [2.24, 2.45) is 16.3 Å². The third-order valence-corrected chi connectivity index (χ3v) is 5.06. The van der Waals surface area contributed by atoms with Gasteiger partial charge in [0.1, 0.15) is 5.41 Å². The van der Waals surface area contributed by atoms with Crippen LogP contribution >= 0.6 is 0 Å². The first kappa shape index (κ1) is 16.1. The first-order valence-electron chi connectivity index (χ1n) is 8.05. The summed E-state index contributed by atoms with van der Waals surface area (Å²) in [6, 6.07) is -0.127. The molecule has 2 fully saturated rings. The number of hydrogen-bond donors (Lipinski definition) is 3. The SMILES string of the molecule is NC(=NO)C1(C(=O)N2CCCCC2CO)CCCCCC1. The van der Waals surface area contributed by atoms with Crippen molar-refractivity contribution >= 4 is 11.7 Å². The standard InChI is InChI=1S/C15H27N3O3/c16-13(17-21)15(8-4-1-2-5-9-15)14(20)18-10-6-3-7-12(18)11-19/h12,19,21H,1-11H2,(H2,16,17). The van der Waals surface area contributed by atoms with Crippen molar-refractivity contribution in [1.29, 1.82) is 0 Å². The molecule has 0 aromatic rings. The largest absolute Gasteiger partial charge is 0.409 e. The van der Waals surface area contributed by atoms with Crippen molar-refractivity contribution in [3.8, 4) is 0 Å². The molecule has 1 saturated carbocycles. The highest BCUT2D eigenvalue weighted by Gasteiger charge is 2.46. The number of carbonyl (C=O) groups excluding carboxylic acids is 1. The molecule has 120 valence electrons. The fourth-order valence-corrected chi connectivity index (χ4v) is 3.74. The Balaban J connectivity index is 2.28. The Morgan fingerprint density at radius 1 is 1.19 bits per heavy atom. The first-order chi connectivity index (χ1) is 10.2. The molecular weight excluding hydrogens is 270 g/mol. The minimum atomic E-state index is -0.879. The number of aliphatic hydroxyl groups excluding tert-OH is 1. The lowest BCUT2D eigenvalue weighted by Gasteiger charge is -2.41. The zero-order chi connectivity index (χ0) is 15.3. The van der Waals surface area contributed by atoms with Crippen LogP contribution in [-0.4, -0.2) is 46.1 Å². The van der Waals surface area contributed by atoms with Crippen LogP contribution in [0.3, 0.4) is 0 Å². The summed E-state index contributed by atoms with van der Waals surface area (Å²) >= 11 is 0. The lowest BCUT2D eigenvalue weighted by Crippen LogP contribution is -2.56.